The van der Waals surface area contributed by atoms with Crippen LogP contribution in [0.2, 0.25) is 0 Å². The molecule has 0 radical (unpaired) electrons. The molecule has 27 heavy (non-hydrogen) atoms. The summed E-state index contributed by atoms with van der Waals surface area (Å²) >= 11 is 0. The second kappa shape index (κ2) is 10.7. The van der Waals surface area contributed by atoms with Crippen LogP contribution in [0.4, 0.5) is 0 Å². The van der Waals surface area contributed by atoms with Crippen molar-refractivity contribution in [2.24, 2.45) is 11.8 Å². The molecule has 2 rings (SSSR count). The average molecular weight is 373 g/mol. The van der Waals surface area contributed by atoms with Gasteiger partial charge in [-0.25, -0.2) is 0 Å². The highest BCUT2D eigenvalue weighted by atomic mass is 16.2. The highest BCUT2D eigenvalue weighted by Gasteiger charge is 2.24. The van der Waals surface area contributed by atoms with Crippen molar-refractivity contribution in [1.29, 1.82) is 0 Å². The number of rotatable bonds is 9. The van der Waals surface area contributed by atoms with Crippen LogP contribution in [0, 0.1) is 11.8 Å². The van der Waals surface area contributed by atoms with Crippen LogP contribution in [-0.2, 0) is 20.8 Å². The van der Waals surface area contributed by atoms with Crippen molar-refractivity contribution in [2.45, 2.75) is 52.0 Å². The maximum absolute atomic E-state index is 12.4. The molecule has 1 fully saturated rings. The molecule has 1 unspecified atom stereocenters. The summed E-state index contributed by atoms with van der Waals surface area (Å²) in [5.41, 5.74) is 0.910. The van der Waals surface area contributed by atoms with Crippen LogP contribution >= 0.6 is 0 Å². The zero-order valence-corrected chi connectivity index (χ0v) is 16.3. The van der Waals surface area contributed by atoms with Crippen LogP contribution < -0.4 is 16.0 Å². The summed E-state index contributed by atoms with van der Waals surface area (Å²) in [5.74, 6) is -0.219. The molecule has 3 amide bonds. The van der Waals surface area contributed by atoms with Gasteiger partial charge in [0, 0.05) is 19.0 Å². The first-order valence-corrected chi connectivity index (χ1v) is 9.86. The Kier molecular flexibility index (Phi) is 8.30. The van der Waals surface area contributed by atoms with Gasteiger partial charge in [0.1, 0.15) is 6.04 Å². The Hall–Kier alpha value is -2.37. The van der Waals surface area contributed by atoms with E-state index >= 15 is 0 Å². The van der Waals surface area contributed by atoms with E-state index < -0.39 is 6.04 Å². The van der Waals surface area contributed by atoms with E-state index in [1.807, 2.05) is 44.2 Å². The predicted octanol–water partition coefficient (Wildman–Crippen LogP) is 1.79. The first-order valence-electron chi connectivity index (χ1n) is 9.86. The number of benzene rings is 1. The van der Waals surface area contributed by atoms with Crippen molar-refractivity contribution in [3.05, 3.63) is 35.9 Å². The van der Waals surface area contributed by atoms with Crippen molar-refractivity contribution in [2.75, 3.05) is 13.1 Å². The molecular weight excluding hydrogens is 342 g/mol. The van der Waals surface area contributed by atoms with Crippen LogP contribution in [0.25, 0.3) is 0 Å². The van der Waals surface area contributed by atoms with Gasteiger partial charge < -0.3 is 16.0 Å². The molecule has 0 heterocycles. The Labute approximate surface area is 161 Å². The molecule has 1 atom stereocenters. The van der Waals surface area contributed by atoms with E-state index in [0.717, 1.165) is 31.2 Å². The molecule has 1 saturated carbocycles. The van der Waals surface area contributed by atoms with Gasteiger partial charge in [-0.3, -0.25) is 14.4 Å². The monoisotopic (exact) mass is 373 g/mol. The average Bonchev–Trinajstić information content (AvgIpc) is 3.18. The Morgan fingerprint density at radius 2 is 1.63 bits per heavy atom. The fourth-order valence-electron chi connectivity index (χ4n) is 3.35. The van der Waals surface area contributed by atoms with Crippen molar-refractivity contribution in [1.82, 2.24) is 16.0 Å². The summed E-state index contributed by atoms with van der Waals surface area (Å²) in [4.78, 5) is 36.7. The van der Waals surface area contributed by atoms with Crippen LogP contribution in [0.5, 0.6) is 0 Å². The molecule has 6 nitrogen and oxygen atoms in total. The first-order chi connectivity index (χ1) is 13.0. The number of amides is 3. The Morgan fingerprint density at radius 3 is 2.26 bits per heavy atom. The Balaban J connectivity index is 1.73. The summed E-state index contributed by atoms with van der Waals surface area (Å²) in [6, 6.07) is 8.85. The van der Waals surface area contributed by atoms with E-state index in [0.29, 0.717) is 13.1 Å². The fraction of sp³-hybridized carbons (Fsp3) is 0.571. The second-order valence-electron chi connectivity index (χ2n) is 7.52. The number of nitrogens with one attached hydrogen (secondary N) is 3. The van der Waals surface area contributed by atoms with Crippen molar-refractivity contribution >= 4 is 17.7 Å². The van der Waals surface area contributed by atoms with Gasteiger partial charge in [0.2, 0.25) is 17.7 Å². The molecule has 0 saturated heterocycles. The zero-order chi connectivity index (χ0) is 19.6. The molecule has 1 aliphatic rings. The van der Waals surface area contributed by atoms with E-state index in [4.69, 9.17) is 0 Å². The van der Waals surface area contributed by atoms with Crippen LogP contribution in [0.1, 0.15) is 45.1 Å². The van der Waals surface area contributed by atoms with Gasteiger partial charge in [0.05, 0.1) is 6.42 Å². The van der Waals surface area contributed by atoms with Gasteiger partial charge in [0.25, 0.3) is 0 Å². The summed E-state index contributed by atoms with van der Waals surface area (Å²) in [5, 5.41) is 8.51. The van der Waals surface area contributed by atoms with Gasteiger partial charge in [-0.05, 0) is 24.3 Å². The minimum absolute atomic E-state index is 0.0298. The third kappa shape index (κ3) is 7.04. The number of carbonyl (C=O) groups is 3. The lowest BCUT2D eigenvalue weighted by Crippen LogP contribution is -2.51. The lowest BCUT2D eigenvalue weighted by atomic mass is 10.0. The maximum atomic E-state index is 12.4. The molecule has 148 valence electrons. The molecule has 1 aromatic rings. The Morgan fingerprint density at radius 1 is 1.00 bits per heavy atom. The van der Waals surface area contributed by atoms with Gasteiger partial charge >= 0.3 is 0 Å². The minimum atomic E-state index is -0.591. The molecule has 0 aromatic heterocycles. The topological polar surface area (TPSA) is 87.3 Å². The van der Waals surface area contributed by atoms with E-state index in [-0.39, 0.29) is 36.0 Å². The van der Waals surface area contributed by atoms with E-state index in [1.54, 1.807) is 0 Å². The van der Waals surface area contributed by atoms with Gasteiger partial charge in [-0.2, -0.15) is 0 Å². The van der Waals surface area contributed by atoms with Crippen LogP contribution in [-0.4, -0.2) is 36.9 Å². The minimum Gasteiger partial charge on any atom is -0.354 e. The van der Waals surface area contributed by atoms with E-state index in [9.17, 15) is 14.4 Å². The van der Waals surface area contributed by atoms with Crippen molar-refractivity contribution in [3.63, 3.8) is 0 Å². The van der Waals surface area contributed by atoms with Gasteiger partial charge in [-0.1, -0.05) is 57.0 Å². The quantitative estimate of drug-likeness (QED) is 0.577. The molecule has 0 spiro atoms. The second-order valence-corrected chi connectivity index (χ2v) is 7.52. The molecule has 1 aliphatic carbocycles. The summed E-state index contributed by atoms with van der Waals surface area (Å²) < 4.78 is 0. The standard InChI is InChI=1S/C21H31N3O3/c1-15(2)19(24-18(25)14-16-8-4-3-5-9-16)21(27)23-13-12-22-20(26)17-10-6-7-11-17/h3-5,8-9,15,17,19H,6-7,10-14H2,1-2H3,(H,22,26)(H,23,27)(H,24,25). The lowest BCUT2D eigenvalue weighted by Gasteiger charge is -2.22. The van der Waals surface area contributed by atoms with Gasteiger partial charge in [0.15, 0.2) is 0 Å². The van der Waals surface area contributed by atoms with Gasteiger partial charge in [-0.15, -0.1) is 0 Å². The number of carbonyl (C=O) groups excluding carboxylic acids is 3. The summed E-state index contributed by atoms with van der Waals surface area (Å²) in [6.07, 6.45) is 4.40. The summed E-state index contributed by atoms with van der Waals surface area (Å²) in [7, 11) is 0. The number of hydrogen-bond acceptors (Lipinski definition) is 3. The van der Waals surface area contributed by atoms with Crippen LogP contribution in [0.15, 0.2) is 30.3 Å². The summed E-state index contributed by atoms with van der Waals surface area (Å²) in [6.45, 7) is 4.56. The molecule has 0 aliphatic heterocycles. The molecule has 1 aromatic carbocycles. The highest BCUT2D eigenvalue weighted by Crippen LogP contribution is 2.24. The van der Waals surface area contributed by atoms with Crippen LogP contribution in [0.3, 0.4) is 0 Å². The molecular formula is C21H31N3O3. The maximum Gasteiger partial charge on any atom is 0.242 e. The predicted molar refractivity (Wildman–Crippen MR) is 105 cm³/mol. The van der Waals surface area contributed by atoms with Crippen molar-refractivity contribution in [3.8, 4) is 0 Å². The SMILES string of the molecule is CC(C)C(NC(=O)Cc1ccccc1)C(=O)NCCNC(=O)C1CCCC1. The fourth-order valence-corrected chi connectivity index (χ4v) is 3.35. The van der Waals surface area contributed by atoms with E-state index in [1.165, 1.54) is 0 Å². The highest BCUT2D eigenvalue weighted by molar-refractivity contribution is 5.88. The third-order valence-electron chi connectivity index (χ3n) is 4.92. The zero-order valence-electron chi connectivity index (χ0n) is 16.3. The number of hydrogen-bond donors (Lipinski definition) is 3. The largest absolute Gasteiger partial charge is 0.354 e. The molecule has 6 heteroatoms. The third-order valence-corrected chi connectivity index (χ3v) is 4.92. The lowest BCUT2D eigenvalue weighted by molar-refractivity contribution is -0.129. The smallest absolute Gasteiger partial charge is 0.242 e. The molecule has 3 N–H and O–H groups in total. The molecule has 0 bridgehead atoms. The first kappa shape index (κ1) is 20.9. The normalized spacial score (nSPS) is 15.4. The van der Waals surface area contributed by atoms with E-state index in [2.05, 4.69) is 16.0 Å². The Bertz CT molecular complexity index is 625. The van der Waals surface area contributed by atoms with Crippen molar-refractivity contribution < 1.29 is 14.4 Å².